The third-order valence-corrected chi connectivity index (χ3v) is 9.41. The van der Waals surface area contributed by atoms with Crippen molar-refractivity contribution >= 4 is 23.1 Å². The lowest BCUT2D eigenvalue weighted by atomic mass is 9.53. The number of halogens is 1. The van der Waals surface area contributed by atoms with Crippen LogP contribution in [0.1, 0.15) is 51.5 Å². The smallest absolute Gasteiger partial charge is 0.311 e. The predicted molar refractivity (Wildman–Crippen MR) is 121 cm³/mol. The summed E-state index contributed by atoms with van der Waals surface area (Å²) in [4.78, 5) is 15.4. The number of fused-ring (bicyclic) bond motifs is 2. The van der Waals surface area contributed by atoms with Crippen molar-refractivity contribution < 1.29 is 14.3 Å². The number of carbonyl (C=O) groups is 1. The minimum Gasteiger partial charge on any atom is -0.462 e. The van der Waals surface area contributed by atoms with Crippen LogP contribution < -0.4 is 0 Å². The van der Waals surface area contributed by atoms with E-state index in [1.165, 1.54) is 30.4 Å². The van der Waals surface area contributed by atoms with Gasteiger partial charge in [-0.3, -0.25) is 9.69 Å². The minimum absolute atomic E-state index is 0.00280. The first kappa shape index (κ1) is 20.3. The molecule has 3 heterocycles. The third kappa shape index (κ3) is 2.98. The summed E-state index contributed by atoms with van der Waals surface area (Å²) in [6, 6.07) is 8.09. The molecule has 0 N–H and O–H groups in total. The highest BCUT2D eigenvalue weighted by Gasteiger charge is 2.78. The normalized spacial score (nSPS) is 44.0. The third-order valence-electron chi connectivity index (χ3n) is 9.16. The van der Waals surface area contributed by atoms with Crippen molar-refractivity contribution in [1.29, 1.82) is 0 Å². The molecule has 2 saturated heterocycles. The zero-order chi connectivity index (χ0) is 21.4. The Labute approximate surface area is 189 Å². The Morgan fingerprint density at radius 2 is 2.06 bits per heavy atom. The fourth-order valence-electron chi connectivity index (χ4n) is 7.52. The molecule has 1 aromatic carbocycles. The number of hydrogen-bond donors (Lipinski definition) is 0. The average molecular weight is 442 g/mol. The lowest BCUT2D eigenvalue weighted by molar-refractivity contribution is -0.146. The minimum atomic E-state index is -0.0569. The molecule has 0 aromatic heterocycles. The molecule has 5 heteroatoms. The summed E-state index contributed by atoms with van der Waals surface area (Å²) >= 11 is 6.03. The Bertz CT molecular complexity index is 929. The van der Waals surface area contributed by atoms with Gasteiger partial charge in [0.25, 0.3) is 0 Å². The Kier molecular flexibility index (Phi) is 4.62. The lowest BCUT2D eigenvalue weighted by Gasteiger charge is -2.49. The second-order valence-corrected chi connectivity index (χ2v) is 11.2. The molecular weight excluding hydrogens is 410 g/mol. The summed E-state index contributed by atoms with van der Waals surface area (Å²) < 4.78 is 12.6. The molecule has 3 aliphatic heterocycles. The Morgan fingerprint density at radius 3 is 2.81 bits per heavy atom. The van der Waals surface area contributed by atoms with Gasteiger partial charge < -0.3 is 9.47 Å². The first-order valence-electron chi connectivity index (χ1n) is 12.0. The second-order valence-electron chi connectivity index (χ2n) is 10.8. The number of esters is 1. The highest BCUT2D eigenvalue weighted by atomic mass is 35.5. The summed E-state index contributed by atoms with van der Waals surface area (Å²) in [5, 5.41) is 0.770. The monoisotopic (exact) mass is 441 g/mol. The number of ether oxygens (including phenoxy) is 2. The fourth-order valence-corrected chi connectivity index (χ4v) is 7.65. The topological polar surface area (TPSA) is 42.1 Å². The quantitative estimate of drug-likeness (QED) is 0.491. The highest BCUT2D eigenvalue weighted by Crippen LogP contribution is 2.70. The van der Waals surface area contributed by atoms with Crippen molar-refractivity contribution in [1.82, 2.24) is 4.90 Å². The van der Waals surface area contributed by atoms with Crippen LogP contribution >= 0.6 is 11.6 Å². The van der Waals surface area contributed by atoms with E-state index in [0.29, 0.717) is 5.92 Å². The van der Waals surface area contributed by atoms with Gasteiger partial charge in [-0.25, -0.2) is 0 Å². The van der Waals surface area contributed by atoms with Crippen molar-refractivity contribution in [2.24, 2.45) is 23.2 Å². The molecule has 4 fully saturated rings. The van der Waals surface area contributed by atoms with E-state index in [4.69, 9.17) is 21.1 Å². The van der Waals surface area contributed by atoms with E-state index in [9.17, 15) is 4.79 Å². The van der Waals surface area contributed by atoms with Crippen LogP contribution in [0.4, 0.5) is 0 Å². The molecule has 2 saturated carbocycles. The summed E-state index contributed by atoms with van der Waals surface area (Å²) in [7, 11) is 0. The first-order valence-corrected chi connectivity index (χ1v) is 12.3. The van der Waals surface area contributed by atoms with E-state index >= 15 is 0 Å². The molecule has 7 atom stereocenters. The van der Waals surface area contributed by atoms with E-state index in [1.807, 2.05) is 12.1 Å². The standard InChI is InChI=1S/C26H32ClNO3/c1-16-4-3-11-25(2)14-21-22(23-26(16,25)31-23)20(24(29)30-21)15-28-12-9-18(10-13-28)17-5-7-19(27)8-6-17/h5-9,16,20-23H,3-4,10-15H2,1-2H3/t16-,20-,21-,22+,23-,25+,26+/m1/s1. The zero-order valence-corrected chi connectivity index (χ0v) is 19.2. The van der Waals surface area contributed by atoms with Gasteiger partial charge in [0.05, 0.1) is 12.0 Å². The van der Waals surface area contributed by atoms with Crippen molar-refractivity contribution in [3.8, 4) is 0 Å². The average Bonchev–Trinajstić information content (AvgIpc) is 3.44. The van der Waals surface area contributed by atoms with Crippen LogP contribution in [0.2, 0.25) is 5.02 Å². The number of carbonyl (C=O) groups excluding carboxylic acids is 1. The highest BCUT2D eigenvalue weighted by molar-refractivity contribution is 6.30. The molecule has 2 aliphatic carbocycles. The fraction of sp³-hybridized carbons (Fsp3) is 0.654. The molecule has 0 radical (unpaired) electrons. The van der Waals surface area contributed by atoms with Gasteiger partial charge >= 0.3 is 5.97 Å². The SMILES string of the molecule is C[C@@H]1CCC[C@@]2(C)C[C@H]3OC(=O)[C@H](CN4CC=C(c5ccc(Cl)cc5)CC4)[C@@H]3[C@H]3O[C@@]132. The van der Waals surface area contributed by atoms with E-state index in [-0.39, 0.29) is 41.0 Å². The Balaban J connectivity index is 1.17. The van der Waals surface area contributed by atoms with E-state index in [1.54, 1.807) is 0 Å². The van der Waals surface area contributed by atoms with E-state index < -0.39 is 0 Å². The van der Waals surface area contributed by atoms with Crippen LogP contribution in [-0.2, 0) is 14.3 Å². The second kappa shape index (κ2) is 7.07. The number of epoxide rings is 1. The van der Waals surface area contributed by atoms with Crippen LogP contribution in [0.5, 0.6) is 0 Å². The zero-order valence-electron chi connectivity index (χ0n) is 18.5. The maximum Gasteiger partial charge on any atom is 0.311 e. The summed E-state index contributed by atoms with van der Waals surface area (Å²) in [5.41, 5.74) is 2.76. The van der Waals surface area contributed by atoms with Crippen LogP contribution in [0, 0.1) is 23.2 Å². The van der Waals surface area contributed by atoms with Crippen molar-refractivity contribution in [3.63, 3.8) is 0 Å². The van der Waals surface area contributed by atoms with Crippen LogP contribution in [0.15, 0.2) is 30.3 Å². The Hall–Kier alpha value is -1.36. The molecule has 166 valence electrons. The van der Waals surface area contributed by atoms with Crippen molar-refractivity contribution in [2.45, 2.75) is 63.8 Å². The van der Waals surface area contributed by atoms with Crippen molar-refractivity contribution in [2.75, 3.05) is 19.6 Å². The maximum atomic E-state index is 13.0. The van der Waals surface area contributed by atoms with Gasteiger partial charge in [-0.1, -0.05) is 50.1 Å². The van der Waals surface area contributed by atoms with Gasteiger partial charge in [-0.15, -0.1) is 0 Å². The van der Waals surface area contributed by atoms with Gasteiger partial charge in [-0.05, 0) is 54.9 Å². The van der Waals surface area contributed by atoms with Crippen LogP contribution in [0.25, 0.3) is 5.57 Å². The van der Waals surface area contributed by atoms with Crippen LogP contribution in [0.3, 0.4) is 0 Å². The number of hydrogen-bond acceptors (Lipinski definition) is 4. The Morgan fingerprint density at radius 1 is 1.26 bits per heavy atom. The molecule has 31 heavy (non-hydrogen) atoms. The lowest BCUT2D eigenvalue weighted by Crippen LogP contribution is -2.54. The summed E-state index contributed by atoms with van der Waals surface area (Å²) in [6.07, 6.45) is 8.22. The van der Waals surface area contributed by atoms with Gasteiger partial charge in [0.1, 0.15) is 11.7 Å². The van der Waals surface area contributed by atoms with E-state index in [0.717, 1.165) is 37.5 Å². The summed E-state index contributed by atoms with van der Waals surface area (Å²) in [5.74, 6) is 0.748. The van der Waals surface area contributed by atoms with Gasteiger partial charge in [-0.2, -0.15) is 0 Å². The molecule has 1 aromatic rings. The van der Waals surface area contributed by atoms with Gasteiger partial charge in [0.2, 0.25) is 0 Å². The molecule has 0 unspecified atom stereocenters. The van der Waals surface area contributed by atoms with Gasteiger partial charge in [0, 0.05) is 36.0 Å². The molecule has 5 aliphatic rings. The number of rotatable bonds is 3. The number of benzene rings is 1. The van der Waals surface area contributed by atoms with Crippen molar-refractivity contribution in [3.05, 3.63) is 40.9 Å². The predicted octanol–water partition coefficient (Wildman–Crippen LogP) is 4.95. The number of nitrogens with zero attached hydrogens (tertiary/aromatic N) is 1. The molecule has 0 amide bonds. The molecule has 6 rings (SSSR count). The first-order chi connectivity index (χ1) is 14.9. The molecule has 1 spiro atoms. The maximum absolute atomic E-state index is 13.0. The molecule has 4 nitrogen and oxygen atoms in total. The van der Waals surface area contributed by atoms with Gasteiger partial charge in [0.15, 0.2) is 0 Å². The largest absolute Gasteiger partial charge is 0.462 e. The van der Waals surface area contributed by atoms with Crippen LogP contribution in [-0.4, -0.2) is 48.3 Å². The van der Waals surface area contributed by atoms with E-state index in [2.05, 4.69) is 37.0 Å². The summed E-state index contributed by atoms with van der Waals surface area (Å²) in [6.45, 7) is 7.38. The molecule has 0 bridgehead atoms. The molecular formula is C26H32ClNO3.